The second kappa shape index (κ2) is 10.1. The molecule has 0 saturated carbocycles. The van der Waals surface area contributed by atoms with Gasteiger partial charge in [-0.1, -0.05) is 12.8 Å². The van der Waals surface area contributed by atoms with E-state index in [1.54, 1.807) is 7.11 Å². The zero-order chi connectivity index (χ0) is 12.3. The third-order valence-corrected chi connectivity index (χ3v) is 2.30. The van der Waals surface area contributed by atoms with Gasteiger partial charge in [-0.2, -0.15) is 0 Å². The molecule has 0 rings (SSSR count). The van der Waals surface area contributed by atoms with Crippen LogP contribution in [-0.2, 0) is 9.47 Å². The van der Waals surface area contributed by atoms with Crippen molar-refractivity contribution in [3.63, 3.8) is 0 Å². The molecule has 3 heteroatoms. The third kappa shape index (κ3) is 13.9. The average molecular weight is 231 g/mol. The van der Waals surface area contributed by atoms with E-state index in [0.29, 0.717) is 6.61 Å². The van der Waals surface area contributed by atoms with E-state index in [1.807, 2.05) is 0 Å². The Bertz CT molecular complexity index is 143. The number of hydrogen-bond donors (Lipinski definition) is 1. The van der Waals surface area contributed by atoms with Crippen molar-refractivity contribution in [3.05, 3.63) is 0 Å². The highest BCUT2D eigenvalue weighted by Gasteiger charge is 2.06. The minimum Gasteiger partial charge on any atom is -0.382 e. The van der Waals surface area contributed by atoms with Crippen LogP contribution in [0.1, 0.15) is 46.5 Å². The molecular formula is C13H29NO2. The zero-order valence-electron chi connectivity index (χ0n) is 11.5. The Labute approximate surface area is 101 Å². The van der Waals surface area contributed by atoms with Crippen LogP contribution < -0.4 is 5.32 Å². The summed E-state index contributed by atoms with van der Waals surface area (Å²) in [6.45, 7) is 10.0. The third-order valence-electron chi connectivity index (χ3n) is 2.30. The van der Waals surface area contributed by atoms with E-state index in [1.165, 1.54) is 25.7 Å². The molecule has 0 unspecified atom stereocenters. The van der Waals surface area contributed by atoms with Crippen LogP contribution >= 0.6 is 0 Å². The van der Waals surface area contributed by atoms with Crippen molar-refractivity contribution in [1.29, 1.82) is 0 Å². The minimum absolute atomic E-state index is 0.253. The van der Waals surface area contributed by atoms with Gasteiger partial charge in [0.05, 0.1) is 13.2 Å². The molecule has 0 saturated heterocycles. The number of methoxy groups -OCH3 is 1. The smallest absolute Gasteiger partial charge is 0.0700 e. The Balaban J connectivity index is 2.99. The molecule has 0 aromatic rings. The Morgan fingerprint density at radius 1 is 0.875 bits per heavy atom. The van der Waals surface area contributed by atoms with E-state index in [0.717, 1.165) is 19.8 Å². The van der Waals surface area contributed by atoms with E-state index in [2.05, 4.69) is 26.1 Å². The molecule has 3 nitrogen and oxygen atoms in total. The Hall–Kier alpha value is -0.120. The predicted octanol–water partition coefficient (Wildman–Crippen LogP) is 2.60. The van der Waals surface area contributed by atoms with Crippen molar-refractivity contribution in [2.45, 2.75) is 52.0 Å². The Morgan fingerprint density at radius 2 is 1.56 bits per heavy atom. The van der Waals surface area contributed by atoms with Gasteiger partial charge in [-0.15, -0.1) is 0 Å². The second-order valence-electron chi connectivity index (χ2n) is 5.20. The van der Waals surface area contributed by atoms with Crippen molar-refractivity contribution in [2.24, 2.45) is 0 Å². The van der Waals surface area contributed by atoms with Crippen molar-refractivity contribution >= 4 is 0 Å². The largest absolute Gasteiger partial charge is 0.382 e. The number of hydrogen-bond acceptors (Lipinski definition) is 3. The van der Waals surface area contributed by atoms with Gasteiger partial charge in [-0.25, -0.2) is 0 Å². The lowest BCUT2D eigenvalue weighted by Crippen LogP contribution is -2.36. The number of nitrogens with one attached hydrogen (secondary N) is 1. The topological polar surface area (TPSA) is 30.5 Å². The van der Waals surface area contributed by atoms with Gasteiger partial charge in [0.25, 0.3) is 0 Å². The van der Waals surface area contributed by atoms with Crippen LogP contribution in [-0.4, -0.2) is 39.0 Å². The molecule has 0 aliphatic heterocycles. The standard InChI is InChI=1S/C13H29NO2/c1-13(2,3)14-9-7-5-6-8-10-16-12-11-15-4/h14H,5-12H2,1-4H3. The van der Waals surface area contributed by atoms with E-state index in [-0.39, 0.29) is 5.54 Å². The number of unbranched alkanes of at least 4 members (excludes halogenated alkanes) is 3. The Kier molecular flexibility index (Phi) is 9.99. The zero-order valence-corrected chi connectivity index (χ0v) is 11.5. The van der Waals surface area contributed by atoms with Crippen molar-refractivity contribution < 1.29 is 9.47 Å². The maximum absolute atomic E-state index is 5.39. The van der Waals surface area contributed by atoms with E-state index in [4.69, 9.17) is 9.47 Å². The summed E-state index contributed by atoms with van der Waals surface area (Å²) in [5.74, 6) is 0. The molecule has 0 amide bonds. The van der Waals surface area contributed by atoms with Gasteiger partial charge < -0.3 is 14.8 Å². The lowest BCUT2D eigenvalue weighted by atomic mass is 10.1. The normalized spacial score (nSPS) is 12.0. The summed E-state index contributed by atoms with van der Waals surface area (Å²) >= 11 is 0. The lowest BCUT2D eigenvalue weighted by Gasteiger charge is -2.20. The first-order valence-corrected chi connectivity index (χ1v) is 6.38. The van der Waals surface area contributed by atoms with E-state index >= 15 is 0 Å². The van der Waals surface area contributed by atoms with Crippen LogP contribution in [0.25, 0.3) is 0 Å². The molecule has 0 bridgehead atoms. The predicted molar refractivity (Wildman–Crippen MR) is 68.9 cm³/mol. The highest BCUT2D eigenvalue weighted by molar-refractivity contribution is 4.69. The first-order valence-electron chi connectivity index (χ1n) is 6.38. The summed E-state index contributed by atoms with van der Waals surface area (Å²) in [5, 5.41) is 3.49. The lowest BCUT2D eigenvalue weighted by molar-refractivity contribution is 0.0686. The van der Waals surface area contributed by atoms with Crippen LogP contribution in [0.4, 0.5) is 0 Å². The quantitative estimate of drug-likeness (QED) is 0.586. The van der Waals surface area contributed by atoms with E-state index < -0.39 is 0 Å². The molecule has 0 atom stereocenters. The first-order chi connectivity index (χ1) is 7.56. The summed E-state index contributed by atoms with van der Waals surface area (Å²) < 4.78 is 10.3. The number of rotatable bonds is 10. The maximum Gasteiger partial charge on any atom is 0.0700 e. The minimum atomic E-state index is 0.253. The monoisotopic (exact) mass is 231 g/mol. The van der Waals surface area contributed by atoms with Crippen molar-refractivity contribution in [3.8, 4) is 0 Å². The number of ether oxygens (including phenoxy) is 2. The highest BCUT2D eigenvalue weighted by Crippen LogP contribution is 2.02. The van der Waals surface area contributed by atoms with Gasteiger partial charge in [0.1, 0.15) is 0 Å². The Morgan fingerprint density at radius 3 is 2.19 bits per heavy atom. The average Bonchev–Trinajstić information content (AvgIpc) is 2.19. The summed E-state index contributed by atoms with van der Waals surface area (Å²) in [6.07, 6.45) is 4.98. The molecule has 1 N–H and O–H groups in total. The van der Waals surface area contributed by atoms with Crippen molar-refractivity contribution in [2.75, 3.05) is 33.5 Å². The molecule has 0 aromatic carbocycles. The molecule has 0 radical (unpaired) electrons. The maximum atomic E-state index is 5.39. The molecule has 16 heavy (non-hydrogen) atoms. The van der Waals surface area contributed by atoms with Crippen LogP contribution in [0.2, 0.25) is 0 Å². The summed E-state index contributed by atoms with van der Waals surface area (Å²) in [7, 11) is 1.70. The summed E-state index contributed by atoms with van der Waals surface area (Å²) in [4.78, 5) is 0. The first kappa shape index (κ1) is 15.9. The summed E-state index contributed by atoms with van der Waals surface area (Å²) in [5.41, 5.74) is 0.253. The van der Waals surface area contributed by atoms with Crippen molar-refractivity contribution in [1.82, 2.24) is 5.32 Å². The molecular weight excluding hydrogens is 202 g/mol. The second-order valence-corrected chi connectivity index (χ2v) is 5.20. The van der Waals surface area contributed by atoms with Gasteiger partial charge in [0, 0.05) is 19.3 Å². The molecule has 0 heterocycles. The molecule has 98 valence electrons. The van der Waals surface area contributed by atoms with Gasteiger partial charge in [0.2, 0.25) is 0 Å². The van der Waals surface area contributed by atoms with Crippen LogP contribution in [0.15, 0.2) is 0 Å². The van der Waals surface area contributed by atoms with E-state index in [9.17, 15) is 0 Å². The van der Waals surface area contributed by atoms with Gasteiger partial charge in [-0.3, -0.25) is 0 Å². The molecule has 0 fully saturated rings. The van der Waals surface area contributed by atoms with Gasteiger partial charge in [-0.05, 0) is 40.2 Å². The molecule has 0 aromatic heterocycles. The SMILES string of the molecule is COCCOCCCCCCNC(C)(C)C. The molecule has 0 aliphatic rings. The van der Waals surface area contributed by atoms with Crippen LogP contribution in [0, 0.1) is 0 Å². The molecule has 0 aliphatic carbocycles. The fourth-order valence-electron chi connectivity index (χ4n) is 1.39. The van der Waals surface area contributed by atoms with Gasteiger partial charge in [0.15, 0.2) is 0 Å². The fraction of sp³-hybridized carbons (Fsp3) is 1.00. The fourth-order valence-corrected chi connectivity index (χ4v) is 1.39. The molecule has 0 spiro atoms. The highest BCUT2D eigenvalue weighted by atomic mass is 16.5. The van der Waals surface area contributed by atoms with Gasteiger partial charge >= 0.3 is 0 Å². The van der Waals surface area contributed by atoms with Crippen LogP contribution in [0.5, 0.6) is 0 Å². The van der Waals surface area contributed by atoms with Crippen LogP contribution in [0.3, 0.4) is 0 Å². The summed E-state index contributed by atoms with van der Waals surface area (Å²) in [6, 6.07) is 0.